The first kappa shape index (κ1) is 21.7. The number of ketones is 1. The Bertz CT molecular complexity index is 921. The lowest BCUT2D eigenvalue weighted by atomic mass is 10.1. The molecule has 1 heterocycles. The minimum atomic E-state index is -3.73. The van der Waals surface area contributed by atoms with Gasteiger partial charge in [0.2, 0.25) is 10.0 Å². The monoisotopic (exact) mass is 424 g/mol. The van der Waals surface area contributed by atoms with Gasteiger partial charge in [-0.1, -0.05) is 18.2 Å². The van der Waals surface area contributed by atoms with Gasteiger partial charge in [-0.25, -0.2) is 13.6 Å². The number of carbonyl (C=O) groups is 3. The molecule has 2 rings (SSSR count). The van der Waals surface area contributed by atoms with Gasteiger partial charge >= 0.3 is 5.97 Å². The maximum absolute atomic E-state index is 11.8. The fourth-order valence-corrected chi connectivity index (χ4v) is 3.45. The van der Waals surface area contributed by atoms with Crippen LogP contribution in [0.2, 0.25) is 0 Å². The van der Waals surface area contributed by atoms with Gasteiger partial charge in [0.25, 0.3) is 5.91 Å². The highest BCUT2D eigenvalue weighted by Gasteiger charge is 2.12. The average molecular weight is 425 g/mol. The summed E-state index contributed by atoms with van der Waals surface area (Å²) in [6, 6.07) is 9.45. The predicted molar refractivity (Wildman–Crippen MR) is 103 cm³/mol. The largest absolute Gasteiger partial charge is 0.456 e. The molecule has 28 heavy (non-hydrogen) atoms. The molecule has 0 saturated heterocycles. The van der Waals surface area contributed by atoms with E-state index in [1.165, 1.54) is 23.5 Å². The summed E-state index contributed by atoms with van der Waals surface area (Å²) < 4.78 is 27.2. The second-order valence-corrected chi connectivity index (χ2v) is 8.36. The van der Waals surface area contributed by atoms with E-state index in [2.05, 4.69) is 5.32 Å². The van der Waals surface area contributed by atoms with E-state index in [4.69, 9.17) is 9.88 Å². The molecule has 0 aliphatic rings. The number of amides is 1. The SMILES string of the molecule is NS(=O)(=O)c1ccc(CCNC(=O)COC(=O)CCC(=O)c2cccs2)cc1. The highest BCUT2D eigenvalue weighted by molar-refractivity contribution is 7.89. The molecule has 0 atom stereocenters. The summed E-state index contributed by atoms with van der Waals surface area (Å²) in [7, 11) is -3.73. The van der Waals surface area contributed by atoms with Gasteiger partial charge in [-0.05, 0) is 35.6 Å². The number of rotatable bonds is 10. The van der Waals surface area contributed by atoms with Crippen LogP contribution in [-0.2, 0) is 30.8 Å². The molecule has 0 saturated carbocycles. The third kappa shape index (κ3) is 7.22. The first-order valence-electron chi connectivity index (χ1n) is 8.36. The molecule has 1 aromatic carbocycles. The highest BCUT2D eigenvalue weighted by Crippen LogP contribution is 2.12. The van der Waals surface area contributed by atoms with Crippen LogP contribution in [0.4, 0.5) is 0 Å². The second kappa shape index (κ2) is 10.1. The van der Waals surface area contributed by atoms with Crippen LogP contribution in [0.3, 0.4) is 0 Å². The van der Waals surface area contributed by atoms with E-state index in [1.54, 1.807) is 29.6 Å². The van der Waals surface area contributed by atoms with Gasteiger partial charge in [-0.15, -0.1) is 11.3 Å². The Kier molecular flexibility index (Phi) is 7.85. The molecule has 150 valence electrons. The van der Waals surface area contributed by atoms with Crippen molar-refractivity contribution in [1.82, 2.24) is 5.32 Å². The topological polar surface area (TPSA) is 133 Å². The van der Waals surface area contributed by atoms with E-state index >= 15 is 0 Å². The quantitative estimate of drug-likeness (QED) is 0.436. The highest BCUT2D eigenvalue weighted by atomic mass is 32.2. The van der Waals surface area contributed by atoms with Crippen molar-refractivity contribution in [2.24, 2.45) is 5.14 Å². The first-order chi connectivity index (χ1) is 13.3. The number of nitrogens with two attached hydrogens (primary N) is 1. The molecule has 10 heteroatoms. The van der Waals surface area contributed by atoms with E-state index in [-0.39, 0.29) is 23.5 Å². The first-order valence-corrected chi connectivity index (χ1v) is 10.8. The molecule has 0 aliphatic carbocycles. The fraction of sp³-hybridized carbons (Fsp3) is 0.278. The average Bonchev–Trinajstić information content (AvgIpc) is 3.19. The number of thiophene rings is 1. The molecule has 8 nitrogen and oxygen atoms in total. The van der Waals surface area contributed by atoms with E-state index in [0.717, 1.165) is 5.56 Å². The number of sulfonamides is 1. The number of ether oxygens (including phenoxy) is 1. The Morgan fingerprint density at radius 2 is 1.79 bits per heavy atom. The van der Waals surface area contributed by atoms with Crippen LogP contribution in [0.1, 0.15) is 28.1 Å². The van der Waals surface area contributed by atoms with Crippen LogP contribution in [0.25, 0.3) is 0 Å². The summed E-state index contributed by atoms with van der Waals surface area (Å²) in [4.78, 5) is 35.7. The summed E-state index contributed by atoms with van der Waals surface area (Å²) in [6.07, 6.45) is 0.426. The number of hydrogen-bond acceptors (Lipinski definition) is 7. The number of benzene rings is 1. The summed E-state index contributed by atoms with van der Waals surface area (Å²) >= 11 is 1.31. The van der Waals surface area contributed by atoms with Gasteiger partial charge in [-0.2, -0.15) is 0 Å². The number of carbonyl (C=O) groups excluding carboxylic acids is 3. The summed E-state index contributed by atoms with van der Waals surface area (Å²) in [5, 5.41) is 9.40. The van der Waals surface area contributed by atoms with Crippen LogP contribution >= 0.6 is 11.3 Å². The van der Waals surface area contributed by atoms with Crippen molar-refractivity contribution < 1.29 is 27.5 Å². The normalized spacial score (nSPS) is 11.0. The molecule has 0 spiro atoms. The minimum absolute atomic E-state index is 0.0183. The van der Waals surface area contributed by atoms with Crippen LogP contribution in [-0.4, -0.2) is 39.2 Å². The lowest BCUT2D eigenvalue weighted by Gasteiger charge is -2.07. The lowest BCUT2D eigenvalue weighted by molar-refractivity contribution is -0.148. The number of esters is 1. The van der Waals surface area contributed by atoms with Crippen LogP contribution in [0.15, 0.2) is 46.7 Å². The summed E-state index contributed by atoms with van der Waals surface area (Å²) in [6.45, 7) is -0.127. The van der Waals surface area contributed by atoms with Crippen molar-refractivity contribution in [3.05, 3.63) is 52.2 Å². The lowest BCUT2D eigenvalue weighted by Crippen LogP contribution is -2.30. The second-order valence-electron chi connectivity index (χ2n) is 5.85. The Labute approximate surface area is 166 Å². The Balaban J connectivity index is 1.63. The van der Waals surface area contributed by atoms with Crippen molar-refractivity contribution >= 4 is 39.0 Å². The molecule has 0 bridgehead atoms. The predicted octanol–water partition coefficient (Wildman–Crippen LogP) is 1.26. The van der Waals surface area contributed by atoms with Crippen molar-refractivity contribution in [2.45, 2.75) is 24.2 Å². The summed E-state index contributed by atoms with van der Waals surface area (Å²) in [5.74, 6) is -1.21. The third-order valence-electron chi connectivity index (χ3n) is 3.70. The molecular weight excluding hydrogens is 404 g/mol. The molecule has 0 radical (unpaired) electrons. The van der Waals surface area contributed by atoms with Gasteiger partial charge in [0.15, 0.2) is 12.4 Å². The molecule has 2 aromatic rings. The third-order valence-corrected chi connectivity index (χ3v) is 5.54. The van der Waals surface area contributed by atoms with Gasteiger partial charge in [0.05, 0.1) is 16.2 Å². The van der Waals surface area contributed by atoms with Crippen LogP contribution < -0.4 is 10.5 Å². The van der Waals surface area contributed by atoms with Crippen molar-refractivity contribution in [3.8, 4) is 0 Å². The van der Waals surface area contributed by atoms with Gasteiger partial charge in [0.1, 0.15) is 0 Å². The smallest absolute Gasteiger partial charge is 0.306 e. The van der Waals surface area contributed by atoms with E-state index in [1.807, 2.05) is 0 Å². The maximum atomic E-state index is 11.8. The molecule has 0 aliphatic heterocycles. The number of Topliss-reactive ketones (excluding diaryl/α,β-unsaturated/α-hetero) is 1. The standard InChI is InChI=1S/C18H20N2O6S2/c19-28(24,25)14-5-3-13(4-6-14)9-10-20-17(22)12-26-18(23)8-7-15(21)16-2-1-11-27-16/h1-6,11H,7-10,12H2,(H,20,22)(H2,19,24,25). The zero-order chi connectivity index (χ0) is 20.6. The molecule has 1 amide bonds. The van der Waals surface area contributed by atoms with Crippen molar-refractivity contribution in [1.29, 1.82) is 0 Å². The molecule has 1 aromatic heterocycles. The molecule has 0 unspecified atom stereocenters. The van der Waals surface area contributed by atoms with Crippen LogP contribution in [0.5, 0.6) is 0 Å². The zero-order valence-corrected chi connectivity index (χ0v) is 16.6. The fourth-order valence-electron chi connectivity index (χ4n) is 2.24. The van der Waals surface area contributed by atoms with Crippen molar-refractivity contribution in [2.75, 3.05) is 13.2 Å². The summed E-state index contributed by atoms with van der Waals surface area (Å²) in [5.41, 5.74) is 0.816. The van der Waals surface area contributed by atoms with Gasteiger partial charge in [-0.3, -0.25) is 14.4 Å². The van der Waals surface area contributed by atoms with Crippen molar-refractivity contribution in [3.63, 3.8) is 0 Å². The van der Waals surface area contributed by atoms with Gasteiger partial charge in [0, 0.05) is 13.0 Å². The minimum Gasteiger partial charge on any atom is -0.456 e. The molecule has 3 N–H and O–H groups in total. The Morgan fingerprint density at radius 1 is 1.07 bits per heavy atom. The molecule has 0 fully saturated rings. The Hall–Kier alpha value is -2.56. The number of primary sulfonamides is 1. The zero-order valence-electron chi connectivity index (χ0n) is 14.9. The van der Waals surface area contributed by atoms with E-state index in [9.17, 15) is 22.8 Å². The van der Waals surface area contributed by atoms with Crippen LogP contribution in [0, 0.1) is 0 Å². The Morgan fingerprint density at radius 3 is 2.39 bits per heavy atom. The van der Waals surface area contributed by atoms with Gasteiger partial charge < -0.3 is 10.1 Å². The number of nitrogens with one attached hydrogen (secondary N) is 1. The number of hydrogen-bond donors (Lipinski definition) is 2. The molecular formula is C18H20N2O6S2. The maximum Gasteiger partial charge on any atom is 0.306 e. The van der Waals surface area contributed by atoms with E-state index in [0.29, 0.717) is 17.8 Å². The van der Waals surface area contributed by atoms with E-state index < -0.39 is 28.5 Å².